The largest absolute Gasteiger partial charge is 0.394 e. The monoisotopic (exact) mass is 1340 g/mol. The highest BCUT2D eigenvalue weighted by atomic mass is 16.7. The van der Waals surface area contributed by atoms with E-state index in [1.54, 1.807) is 27.9 Å². The summed E-state index contributed by atoms with van der Waals surface area (Å²) in [6, 6.07) is -0.959. The van der Waals surface area contributed by atoms with E-state index in [-0.39, 0.29) is 81.3 Å². The Hall–Kier alpha value is -3.62. The number of Topliss-reactive ketones (excluding diaryl/α,β-unsaturated/α-hetero) is 1. The number of rotatable bonds is 49. The molecule has 0 aromatic rings. The highest BCUT2D eigenvalue weighted by molar-refractivity contribution is 5.92. The topological polar surface area (TPSA) is 409 Å². The highest BCUT2D eigenvalue weighted by Crippen LogP contribution is 2.30. The minimum absolute atomic E-state index is 0.0185. The second kappa shape index (κ2) is 50.7. The van der Waals surface area contributed by atoms with Gasteiger partial charge in [0.1, 0.15) is 36.6 Å². The minimum Gasteiger partial charge on any atom is -0.394 e. The van der Waals surface area contributed by atoms with Crippen molar-refractivity contribution in [2.75, 3.05) is 79.5 Å². The smallest absolute Gasteiger partial charge is 0.223 e. The highest BCUT2D eigenvalue weighted by Gasteiger charge is 2.45. The normalized spacial score (nSPS) is 26.9. The Morgan fingerprint density at radius 1 is 0.409 bits per heavy atom. The van der Waals surface area contributed by atoms with E-state index in [0.29, 0.717) is 122 Å². The average molecular weight is 1340 g/mol. The number of carbonyl (C=O) groups is 6. The third-order valence-corrected chi connectivity index (χ3v) is 16.9. The zero-order valence-electron chi connectivity index (χ0n) is 57.0. The van der Waals surface area contributed by atoms with Gasteiger partial charge in [-0.3, -0.25) is 28.8 Å². The number of nitrogens with one attached hydrogen (secondary N) is 5. The van der Waals surface area contributed by atoms with Crippen LogP contribution in [0.3, 0.4) is 0 Å². The van der Waals surface area contributed by atoms with Crippen LogP contribution in [-0.4, -0.2) is 241 Å². The van der Waals surface area contributed by atoms with E-state index in [2.05, 4.69) is 47.4 Å². The van der Waals surface area contributed by atoms with Gasteiger partial charge in [0.2, 0.25) is 29.5 Å². The number of ether oxygens (including phenoxy) is 7. The lowest BCUT2D eigenvalue weighted by molar-refractivity contribution is -0.282. The zero-order chi connectivity index (χ0) is 69.1. The van der Waals surface area contributed by atoms with Crippen LogP contribution in [0, 0.1) is 29.6 Å². The van der Waals surface area contributed by atoms with E-state index in [9.17, 15) is 74.7 Å². The molecule has 0 aliphatic carbocycles. The first kappa shape index (κ1) is 85.5. The average Bonchev–Trinajstić information content (AvgIpc) is 0.887. The van der Waals surface area contributed by atoms with Gasteiger partial charge in [-0.1, -0.05) is 67.2 Å². The van der Waals surface area contributed by atoms with Crippen molar-refractivity contribution in [1.82, 2.24) is 26.6 Å². The molecule has 0 aromatic heterocycles. The van der Waals surface area contributed by atoms with Gasteiger partial charge >= 0.3 is 0 Å². The lowest BCUT2D eigenvalue weighted by atomic mass is 9.91. The van der Waals surface area contributed by atoms with E-state index in [4.69, 9.17) is 33.2 Å². The molecule has 93 heavy (non-hydrogen) atoms. The first-order chi connectivity index (χ1) is 44.5. The second-order valence-corrected chi connectivity index (χ2v) is 26.0. The number of hydrogen-bond donors (Lipinski definition) is 14. The SMILES string of the molecule is CC(C)C.COCCCCCCNC(=O)CCCCCNC(=O)C(CCCCNC(=O)CCCCO[C@@H]1OC(CO)[C@H](O)[C@H](O)C1C)CC(=O)C(CCCCNC(=O)CCCCO[C@@H]1OC(CO)[C@H](O)[C@H](O)C1C)NC(=O)CCCCO[C@@H]1OC(CO)[C@H](O)[C@H](O)C1C. The molecule has 3 rings (SSSR count). The summed E-state index contributed by atoms with van der Waals surface area (Å²) in [5, 5.41) is 105. The third kappa shape index (κ3) is 35.5. The van der Waals surface area contributed by atoms with Crippen molar-refractivity contribution >= 4 is 35.3 Å². The van der Waals surface area contributed by atoms with E-state index in [0.717, 1.165) is 38.2 Å². The summed E-state index contributed by atoms with van der Waals surface area (Å²) in [7, 11) is 1.68. The van der Waals surface area contributed by atoms with E-state index in [1.165, 1.54) is 0 Å². The van der Waals surface area contributed by atoms with Crippen LogP contribution in [0.15, 0.2) is 0 Å². The molecule has 3 aliphatic heterocycles. The van der Waals surface area contributed by atoms with E-state index < -0.39 is 129 Å². The number of aliphatic hydroxyl groups excluding tert-OH is 9. The van der Waals surface area contributed by atoms with Gasteiger partial charge in [-0.2, -0.15) is 0 Å². The fourth-order valence-electron chi connectivity index (χ4n) is 10.9. The van der Waals surface area contributed by atoms with E-state index in [1.807, 2.05) is 0 Å². The number of unbranched alkanes of at least 4 members (excludes halogenated alkanes) is 10. The predicted octanol–water partition coefficient (Wildman–Crippen LogP) is 2.07. The molecule has 0 bridgehead atoms. The molecule has 14 N–H and O–H groups in total. The molecule has 3 heterocycles. The number of methoxy groups -OCH3 is 1. The summed E-state index contributed by atoms with van der Waals surface area (Å²) in [6.45, 7) is 12.9. The maximum atomic E-state index is 14.4. The van der Waals surface area contributed by atoms with Gasteiger partial charge in [0, 0.05) is 115 Å². The van der Waals surface area contributed by atoms with Crippen LogP contribution in [0.25, 0.3) is 0 Å². The number of ketones is 1. The van der Waals surface area contributed by atoms with Crippen LogP contribution in [0.5, 0.6) is 0 Å². The first-order valence-electron chi connectivity index (χ1n) is 34.6. The van der Waals surface area contributed by atoms with Crippen LogP contribution in [0.1, 0.15) is 196 Å². The van der Waals surface area contributed by atoms with Crippen LogP contribution in [0.2, 0.25) is 0 Å². The second-order valence-electron chi connectivity index (χ2n) is 26.0. The molecule has 8 unspecified atom stereocenters. The zero-order valence-corrected chi connectivity index (χ0v) is 57.0. The van der Waals surface area contributed by atoms with Gasteiger partial charge in [0.15, 0.2) is 24.7 Å². The fourth-order valence-corrected chi connectivity index (χ4v) is 10.9. The lowest BCUT2D eigenvalue weighted by Gasteiger charge is -2.40. The van der Waals surface area contributed by atoms with Crippen LogP contribution < -0.4 is 26.6 Å². The molecule has 0 aromatic carbocycles. The predicted molar refractivity (Wildman–Crippen MR) is 344 cm³/mol. The summed E-state index contributed by atoms with van der Waals surface area (Å²) >= 11 is 0. The molecule has 17 atom stereocenters. The Morgan fingerprint density at radius 2 is 0.731 bits per heavy atom. The number of carbonyl (C=O) groups excluding carboxylic acids is 6. The van der Waals surface area contributed by atoms with Crippen LogP contribution in [-0.2, 0) is 61.9 Å². The van der Waals surface area contributed by atoms with Crippen LogP contribution in [0.4, 0.5) is 0 Å². The van der Waals surface area contributed by atoms with E-state index >= 15 is 0 Å². The van der Waals surface area contributed by atoms with Gasteiger partial charge < -0.3 is 106 Å². The number of hydrogen-bond acceptors (Lipinski definition) is 22. The summed E-state index contributed by atoms with van der Waals surface area (Å²) in [6.07, 6.45) is -0.935. The Labute approximate surface area is 552 Å². The van der Waals surface area contributed by atoms with Gasteiger partial charge in [-0.05, 0) is 102 Å². The minimum atomic E-state index is -1.27. The van der Waals surface area contributed by atoms with Gasteiger partial charge in [0.05, 0.1) is 44.2 Å². The molecule has 3 saturated heterocycles. The van der Waals surface area contributed by atoms with Gasteiger partial charge in [-0.25, -0.2) is 0 Å². The quantitative estimate of drug-likeness (QED) is 0.0388. The van der Waals surface area contributed by atoms with Crippen molar-refractivity contribution < 1.29 is 108 Å². The number of aliphatic hydroxyl groups is 9. The van der Waals surface area contributed by atoms with Gasteiger partial charge in [-0.15, -0.1) is 0 Å². The summed E-state index contributed by atoms with van der Waals surface area (Å²) < 4.78 is 39.3. The molecule has 3 fully saturated rings. The van der Waals surface area contributed by atoms with Crippen molar-refractivity contribution in [3.05, 3.63) is 0 Å². The summed E-state index contributed by atoms with van der Waals surface area (Å²) in [4.78, 5) is 79.8. The molecule has 0 radical (unpaired) electrons. The Balaban J connectivity index is 0.00000714. The summed E-state index contributed by atoms with van der Waals surface area (Å²) in [5.41, 5.74) is 0. The molecule has 27 heteroatoms. The van der Waals surface area contributed by atoms with Gasteiger partial charge in [0.25, 0.3) is 0 Å². The molecule has 0 saturated carbocycles. The molecule has 544 valence electrons. The first-order valence-corrected chi connectivity index (χ1v) is 34.6. The molecular formula is C66H123N5O22. The van der Waals surface area contributed by atoms with Crippen molar-refractivity contribution in [2.45, 2.75) is 275 Å². The Bertz CT molecular complexity index is 2010. The van der Waals surface area contributed by atoms with Crippen molar-refractivity contribution in [3.8, 4) is 0 Å². The Kier molecular flexibility index (Phi) is 46.6. The van der Waals surface area contributed by atoms with Crippen LogP contribution >= 0.6 is 0 Å². The number of amides is 5. The molecular weight excluding hydrogens is 1210 g/mol. The molecule has 5 amide bonds. The van der Waals surface area contributed by atoms with Crippen molar-refractivity contribution in [3.63, 3.8) is 0 Å². The van der Waals surface area contributed by atoms with Crippen molar-refractivity contribution in [2.24, 2.45) is 29.6 Å². The Morgan fingerprint density at radius 3 is 1.12 bits per heavy atom. The fraction of sp³-hybridized carbons (Fsp3) is 0.909. The maximum Gasteiger partial charge on any atom is 0.223 e. The summed E-state index contributed by atoms with van der Waals surface area (Å²) in [5.74, 6) is -3.04. The molecule has 0 spiro atoms. The standard InChI is InChI=1S/C62H113N5O22.C4H10/c1-40-53(76)56(79)46(37-68)87-60(40)84-33-19-11-25-50(73)64-29-16-9-22-43(59(82)66-31-15-7-8-24-49(72)63-28-14-5-6-18-32-83-4)36-45(71)44(67-52(75)27-13-21-35-86-62-42(3)55(78)58(81)48(39-70)89-62)23-10-17-30-65-51(74)26-12-20-34-85-61-41(2)54(77)57(80)47(38-69)88-61;1-4(2)3/h40-44,46-48,53-58,60-62,68-70,76-81H,5-39H2,1-4H3,(H,63,72)(H,64,73)(H,65,74)(H,66,82)(H,67,75);4H,1-3H3/t40?,41?,42?,43?,44?,46?,47?,48?,53-,54-,55-,56+,57+,58+,60-,61-,62-;/m1./s1. The van der Waals surface area contributed by atoms with Crippen molar-refractivity contribution in [1.29, 1.82) is 0 Å². The lowest BCUT2D eigenvalue weighted by Crippen LogP contribution is -2.55. The molecule has 27 nitrogen and oxygen atoms in total. The molecule has 3 aliphatic rings. The third-order valence-electron chi connectivity index (χ3n) is 16.9. The maximum absolute atomic E-state index is 14.4.